The summed E-state index contributed by atoms with van der Waals surface area (Å²) >= 11 is 0. The van der Waals surface area contributed by atoms with E-state index >= 15 is 0 Å². The lowest BCUT2D eigenvalue weighted by molar-refractivity contribution is 0.208. The maximum atomic E-state index is 9.43. The SMILES string of the molecule is C1CNCCN1.O=C(O)P(=O)(O)O. The van der Waals surface area contributed by atoms with Gasteiger partial charge in [0.1, 0.15) is 0 Å². The van der Waals surface area contributed by atoms with Crippen LogP contribution in [0, 0.1) is 0 Å². The Balaban J connectivity index is 0.000000223. The van der Waals surface area contributed by atoms with Crippen molar-refractivity contribution >= 4 is 13.3 Å². The summed E-state index contributed by atoms with van der Waals surface area (Å²) in [6.45, 7) is 4.56. The molecule has 0 saturated carbocycles. The van der Waals surface area contributed by atoms with E-state index in [1.807, 2.05) is 0 Å². The minimum Gasteiger partial charge on any atom is -0.472 e. The van der Waals surface area contributed by atoms with Crippen molar-refractivity contribution in [3.05, 3.63) is 0 Å². The second-order valence-electron chi connectivity index (χ2n) is 2.33. The Hall–Kier alpha value is -0.460. The Labute approximate surface area is 75.3 Å². The molecule has 0 radical (unpaired) electrons. The van der Waals surface area contributed by atoms with Gasteiger partial charge in [0.05, 0.1) is 0 Å². The smallest absolute Gasteiger partial charge is 0.433 e. The van der Waals surface area contributed by atoms with E-state index in [1.54, 1.807) is 0 Å². The molecule has 0 amide bonds. The van der Waals surface area contributed by atoms with Crippen LogP contribution in [0.25, 0.3) is 0 Å². The van der Waals surface area contributed by atoms with Crippen molar-refractivity contribution in [1.29, 1.82) is 0 Å². The van der Waals surface area contributed by atoms with Gasteiger partial charge in [-0.1, -0.05) is 0 Å². The van der Waals surface area contributed by atoms with Gasteiger partial charge in [0.15, 0.2) is 0 Å². The third-order valence-electron chi connectivity index (χ3n) is 1.21. The largest absolute Gasteiger partial charge is 0.472 e. The number of carbonyl (C=O) groups is 1. The van der Waals surface area contributed by atoms with Gasteiger partial charge in [0.25, 0.3) is 0 Å². The topological polar surface area (TPSA) is 119 Å². The molecule has 1 fully saturated rings. The van der Waals surface area contributed by atoms with Gasteiger partial charge < -0.3 is 25.5 Å². The van der Waals surface area contributed by atoms with Crippen LogP contribution >= 0.6 is 7.60 Å². The molecule has 0 atom stereocenters. The summed E-state index contributed by atoms with van der Waals surface area (Å²) in [5.41, 5.74) is -2.09. The molecule has 1 rings (SSSR count). The first-order valence-electron chi connectivity index (χ1n) is 3.65. The molecule has 0 aromatic carbocycles. The molecule has 0 aromatic rings. The highest BCUT2D eigenvalue weighted by molar-refractivity contribution is 7.69. The van der Waals surface area contributed by atoms with Gasteiger partial charge in [-0.2, -0.15) is 0 Å². The second kappa shape index (κ2) is 6.06. The van der Waals surface area contributed by atoms with Crippen LogP contribution < -0.4 is 10.6 Å². The van der Waals surface area contributed by atoms with E-state index in [9.17, 15) is 9.36 Å². The molecular formula is C5H13N2O5P. The predicted octanol–water partition coefficient (Wildman–Crippen LogP) is -0.979. The Morgan fingerprint density at radius 2 is 1.31 bits per heavy atom. The maximum Gasteiger partial charge on any atom is 0.433 e. The molecule has 7 nitrogen and oxygen atoms in total. The highest BCUT2D eigenvalue weighted by Crippen LogP contribution is 2.34. The normalized spacial score (nSPS) is 17.1. The minimum atomic E-state index is -4.82. The molecule has 1 aliphatic heterocycles. The van der Waals surface area contributed by atoms with Crippen LogP contribution in [0.3, 0.4) is 0 Å². The van der Waals surface area contributed by atoms with Crippen LogP contribution in [-0.2, 0) is 4.57 Å². The zero-order valence-corrected chi connectivity index (χ0v) is 7.83. The van der Waals surface area contributed by atoms with Gasteiger partial charge in [0.2, 0.25) is 0 Å². The van der Waals surface area contributed by atoms with Crippen LogP contribution in [0.15, 0.2) is 0 Å². The highest BCUT2D eigenvalue weighted by atomic mass is 31.2. The molecule has 0 spiro atoms. The summed E-state index contributed by atoms with van der Waals surface area (Å²) in [6.07, 6.45) is 0. The van der Waals surface area contributed by atoms with Crippen molar-refractivity contribution in [3.63, 3.8) is 0 Å². The zero-order chi connectivity index (χ0) is 10.3. The van der Waals surface area contributed by atoms with Crippen molar-refractivity contribution in [2.24, 2.45) is 0 Å². The lowest BCUT2D eigenvalue weighted by Gasteiger charge is -2.11. The first kappa shape index (κ1) is 12.5. The fourth-order valence-electron chi connectivity index (χ4n) is 0.604. The fraction of sp³-hybridized carbons (Fsp3) is 0.800. The second-order valence-corrected chi connectivity index (χ2v) is 3.80. The van der Waals surface area contributed by atoms with E-state index in [2.05, 4.69) is 10.6 Å². The van der Waals surface area contributed by atoms with Gasteiger partial charge in [0, 0.05) is 26.2 Å². The van der Waals surface area contributed by atoms with Gasteiger partial charge in [-0.25, -0.2) is 9.36 Å². The van der Waals surface area contributed by atoms with Gasteiger partial charge >= 0.3 is 13.3 Å². The number of hydrogen-bond acceptors (Lipinski definition) is 4. The molecule has 0 aromatic heterocycles. The number of carboxylic acid groups (broad SMARTS) is 1. The molecule has 0 unspecified atom stereocenters. The average molecular weight is 212 g/mol. The van der Waals surface area contributed by atoms with Gasteiger partial charge in [-0.3, -0.25) is 0 Å². The Morgan fingerprint density at radius 1 is 1.08 bits per heavy atom. The van der Waals surface area contributed by atoms with E-state index in [0.717, 1.165) is 26.2 Å². The molecule has 1 aliphatic rings. The summed E-state index contributed by atoms with van der Waals surface area (Å²) in [4.78, 5) is 24.5. The van der Waals surface area contributed by atoms with E-state index < -0.39 is 13.3 Å². The highest BCUT2D eigenvalue weighted by Gasteiger charge is 2.23. The summed E-state index contributed by atoms with van der Waals surface area (Å²) in [6, 6.07) is 0. The lowest BCUT2D eigenvalue weighted by atomic mass is 10.4. The first-order valence-corrected chi connectivity index (χ1v) is 5.26. The van der Waals surface area contributed by atoms with Crippen LogP contribution in [0.1, 0.15) is 0 Å². The van der Waals surface area contributed by atoms with Crippen LogP contribution in [0.2, 0.25) is 0 Å². The standard InChI is InChI=1S/C4H10N2.CH3O5P/c1-2-6-4-3-5-1;2-1(3)7(4,5)6/h5-6H,1-4H2;(H,2,3)(H2,4,5,6). The molecule has 0 bridgehead atoms. The Bertz CT molecular complexity index is 188. The van der Waals surface area contributed by atoms with Crippen molar-refractivity contribution in [2.75, 3.05) is 26.2 Å². The third-order valence-corrected chi connectivity index (χ3v) is 1.70. The van der Waals surface area contributed by atoms with Gasteiger partial charge in [-0.05, 0) is 0 Å². The summed E-state index contributed by atoms with van der Waals surface area (Å²) in [5, 5.41) is 13.9. The monoisotopic (exact) mass is 212 g/mol. The van der Waals surface area contributed by atoms with Gasteiger partial charge in [-0.15, -0.1) is 0 Å². The molecule has 13 heavy (non-hydrogen) atoms. The third kappa shape index (κ3) is 7.89. The minimum absolute atomic E-state index is 1.14. The molecule has 1 saturated heterocycles. The van der Waals surface area contributed by atoms with E-state index in [1.165, 1.54) is 0 Å². The molecule has 1 heterocycles. The Morgan fingerprint density at radius 3 is 1.38 bits per heavy atom. The molecule has 78 valence electrons. The van der Waals surface area contributed by atoms with Crippen LogP contribution in [0.5, 0.6) is 0 Å². The van der Waals surface area contributed by atoms with E-state index in [-0.39, 0.29) is 0 Å². The first-order chi connectivity index (χ1) is 5.94. The van der Waals surface area contributed by atoms with Crippen molar-refractivity contribution in [3.8, 4) is 0 Å². The predicted molar refractivity (Wildman–Crippen MR) is 45.8 cm³/mol. The van der Waals surface area contributed by atoms with Crippen molar-refractivity contribution in [1.82, 2.24) is 10.6 Å². The zero-order valence-electron chi connectivity index (χ0n) is 6.93. The summed E-state index contributed by atoms with van der Waals surface area (Å²) in [7, 11) is -4.82. The molecular weight excluding hydrogens is 199 g/mol. The summed E-state index contributed by atoms with van der Waals surface area (Å²) in [5.74, 6) is 0. The maximum absolute atomic E-state index is 9.43. The molecule has 8 heteroatoms. The molecule has 5 N–H and O–H groups in total. The average Bonchev–Trinajstić information content (AvgIpc) is 2.07. The summed E-state index contributed by atoms with van der Waals surface area (Å²) < 4.78 is 9.43. The van der Waals surface area contributed by atoms with Crippen molar-refractivity contribution < 1.29 is 24.3 Å². The number of rotatable bonds is 1. The van der Waals surface area contributed by atoms with Crippen LogP contribution in [-0.4, -0.2) is 46.8 Å². The number of hydrogen-bond donors (Lipinski definition) is 5. The fourth-order valence-corrected chi connectivity index (χ4v) is 0.604. The number of nitrogens with one attached hydrogen (secondary N) is 2. The lowest BCUT2D eigenvalue weighted by Crippen LogP contribution is -2.39. The van der Waals surface area contributed by atoms with E-state index in [4.69, 9.17) is 14.9 Å². The quantitative estimate of drug-likeness (QED) is 0.354. The van der Waals surface area contributed by atoms with E-state index in [0.29, 0.717) is 0 Å². The Kier molecular flexibility index (Phi) is 5.85. The van der Waals surface area contributed by atoms with Crippen LogP contribution in [0.4, 0.5) is 4.79 Å². The molecule has 0 aliphatic carbocycles. The number of piperazine rings is 1. The van der Waals surface area contributed by atoms with Crippen molar-refractivity contribution in [2.45, 2.75) is 0 Å².